The molecule has 3 aromatic rings. The van der Waals surface area contributed by atoms with Crippen molar-refractivity contribution < 1.29 is 13.2 Å². The minimum absolute atomic E-state index is 0.00873. The lowest BCUT2D eigenvalue weighted by molar-refractivity contribution is 0.0982. The molecule has 0 radical (unpaired) electrons. The number of rotatable bonds is 12. The topological polar surface area (TPSA) is 81.9 Å². The minimum atomic E-state index is -3.42. The number of Topliss-reactive ketones (excluding diaryl/α,β-unsaturated/α-hetero) is 1. The lowest BCUT2D eigenvalue weighted by Gasteiger charge is -2.06. The number of unbranched alkanes of at least 4 members (excludes halogenated alkanes) is 1. The zero-order valence-corrected chi connectivity index (χ0v) is 20.5. The van der Waals surface area contributed by atoms with Gasteiger partial charge in [-0.1, -0.05) is 73.9 Å². The molecule has 0 N–H and O–H groups in total. The normalized spacial score (nSPS) is 11.8. The molecule has 0 unspecified atom stereocenters. The van der Waals surface area contributed by atoms with Gasteiger partial charge in [0.15, 0.2) is 15.6 Å². The van der Waals surface area contributed by atoms with E-state index in [0.29, 0.717) is 34.8 Å². The van der Waals surface area contributed by atoms with Gasteiger partial charge in [-0.15, -0.1) is 5.10 Å². The highest BCUT2D eigenvalue weighted by atomic mass is 32.2. The van der Waals surface area contributed by atoms with Crippen molar-refractivity contribution in [2.75, 3.05) is 0 Å². The molecule has 0 saturated carbocycles. The number of carbonyl (C=O) groups is 1. The number of benzene rings is 2. The second-order valence-electron chi connectivity index (χ2n) is 9.05. The lowest BCUT2D eigenvalue weighted by Crippen LogP contribution is -2.06. The van der Waals surface area contributed by atoms with Gasteiger partial charge in [-0.25, -0.2) is 8.42 Å². The summed E-state index contributed by atoms with van der Waals surface area (Å²) in [6.45, 7) is 7.22. The molecule has 0 amide bonds. The number of sulfone groups is 1. The standard InChI is InChI=1S/C26H33N3O3S/c1-20(2)6-4-5-17-29-18-24(27-28-29)13-16-26(30)23-11-9-22(10-12-23)19-33(31,32)25-14-7-21(3)8-15-25/h7-12,14-15,18,20H,4-6,13,16-17,19H2,1-3H3. The van der Waals surface area contributed by atoms with Crippen molar-refractivity contribution >= 4 is 15.6 Å². The second kappa shape index (κ2) is 11.4. The average molecular weight is 468 g/mol. The van der Waals surface area contributed by atoms with Crippen LogP contribution in [0.4, 0.5) is 0 Å². The summed E-state index contributed by atoms with van der Waals surface area (Å²) >= 11 is 0. The van der Waals surface area contributed by atoms with E-state index in [9.17, 15) is 13.2 Å². The van der Waals surface area contributed by atoms with E-state index in [1.54, 1.807) is 48.5 Å². The van der Waals surface area contributed by atoms with Gasteiger partial charge in [0, 0.05) is 31.1 Å². The third kappa shape index (κ3) is 7.63. The number of aromatic nitrogens is 3. The third-order valence-electron chi connectivity index (χ3n) is 5.63. The number of carbonyl (C=O) groups excluding carboxylic acids is 1. The van der Waals surface area contributed by atoms with Gasteiger partial charge in [0.05, 0.1) is 16.3 Å². The first-order valence-electron chi connectivity index (χ1n) is 11.5. The number of hydrogen-bond donors (Lipinski definition) is 0. The molecule has 0 saturated heterocycles. The van der Waals surface area contributed by atoms with Gasteiger partial charge in [-0.05, 0) is 37.0 Å². The number of nitrogens with zero attached hydrogens (tertiary/aromatic N) is 3. The Balaban J connectivity index is 1.50. The fourth-order valence-corrected chi connectivity index (χ4v) is 4.96. The molecule has 6 nitrogen and oxygen atoms in total. The summed E-state index contributed by atoms with van der Waals surface area (Å²) in [5.74, 6) is 0.633. The van der Waals surface area contributed by atoms with Crippen molar-refractivity contribution in [1.82, 2.24) is 15.0 Å². The van der Waals surface area contributed by atoms with Crippen molar-refractivity contribution in [3.63, 3.8) is 0 Å². The highest BCUT2D eigenvalue weighted by molar-refractivity contribution is 7.90. The first kappa shape index (κ1) is 24.8. The smallest absolute Gasteiger partial charge is 0.182 e. The second-order valence-corrected chi connectivity index (χ2v) is 11.0. The maximum absolute atomic E-state index is 12.6. The van der Waals surface area contributed by atoms with E-state index in [1.807, 2.05) is 17.8 Å². The van der Waals surface area contributed by atoms with Crippen LogP contribution in [0.3, 0.4) is 0 Å². The fourth-order valence-electron chi connectivity index (χ4n) is 3.61. The van der Waals surface area contributed by atoms with Crippen LogP contribution in [0.2, 0.25) is 0 Å². The summed E-state index contributed by atoms with van der Waals surface area (Å²) in [5.41, 5.74) is 3.06. The molecular formula is C26H33N3O3S. The summed E-state index contributed by atoms with van der Waals surface area (Å²) < 4.78 is 27.1. The van der Waals surface area contributed by atoms with Crippen LogP contribution in [0.15, 0.2) is 59.6 Å². The fraction of sp³-hybridized carbons (Fsp3) is 0.423. The molecule has 2 aromatic carbocycles. The van der Waals surface area contributed by atoms with E-state index in [2.05, 4.69) is 24.2 Å². The summed E-state index contributed by atoms with van der Waals surface area (Å²) in [7, 11) is -3.42. The van der Waals surface area contributed by atoms with E-state index in [4.69, 9.17) is 0 Å². The van der Waals surface area contributed by atoms with Gasteiger partial charge in [0.1, 0.15) is 0 Å². The molecule has 3 rings (SSSR count). The van der Waals surface area contributed by atoms with E-state index in [0.717, 1.165) is 24.2 Å². The predicted molar refractivity (Wildman–Crippen MR) is 130 cm³/mol. The van der Waals surface area contributed by atoms with Gasteiger partial charge in [0.2, 0.25) is 0 Å². The van der Waals surface area contributed by atoms with Crippen LogP contribution in [0.1, 0.15) is 66.7 Å². The highest BCUT2D eigenvalue weighted by Gasteiger charge is 2.16. The maximum atomic E-state index is 12.6. The summed E-state index contributed by atoms with van der Waals surface area (Å²) in [5, 5.41) is 8.34. The zero-order chi connectivity index (χ0) is 23.8. The molecule has 0 atom stereocenters. The number of hydrogen-bond acceptors (Lipinski definition) is 5. The Morgan fingerprint density at radius 3 is 2.36 bits per heavy atom. The van der Waals surface area contributed by atoms with Gasteiger partial charge in [-0.2, -0.15) is 0 Å². The molecule has 176 valence electrons. The molecule has 0 aliphatic rings. The van der Waals surface area contributed by atoms with Gasteiger partial charge in [-0.3, -0.25) is 9.48 Å². The largest absolute Gasteiger partial charge is 0.294 e. The SMILES string of the molecule is Cc1ccc(S(=O)(=O)Cc2ccc(C(=O)CCc3cn(CCCCC(C)C)nn3)cc2)cc1. The summed E-state index contributed by atoms with van der Waals surface area (Å²) in [6, 6.07) is 13.7. The van der Waals surface area contributed by atoms with Crippen LogP contribution in [-0.4, -0.2) is 29.2 Å². The number of aryl methyl sites for hydroxylation is 3. The van der Waals surface area contributed by atoms with E-state index >= 15 is 0 Å². The maximum Gasteiger partial charge on any atom is 0.182 e. The molecule has 0 spiro atoms. The molecular weight excluding hydrogens is 434 g/mol. The molecule has 0 bridgehead atoms. The monoisotopic (exact) mass is 467 g/mol. The van der Waals surface area contributed by atoms with Crippen molar-refractivity contribution in [1.29, 1.82) is 0 Å². The molecule has 7 heteroatoms. The lowest BCUT2D eigenvalue weighted by atomic mass is 10.0. The summed E-state index contributed by atoms with van der Waals surface area (Å²) in [6.07, 6.45) is 6.26. The van der Waals surface area contributed by atoms with Crippen LogP contribution in [-0.2, 0) is 28.6 Å². The van der Waals surface area contributed by atoms with E-state index in [-0.39, 0.29) is 11.5 Å². The van der Waals surface area contributed by atoms with Crippen molar-refractivity contribution in [3.8, 4) is 0 Å². The molecule has 0 aliphatic heterocycles. The predicted octanol–water partition coefficient (Wildman–Crippen LogP) is 5.20. The van der Waals surface area contributed by atoms with Gasteiger partial charge >= 0.3 is 0 Å². The Labute approximate surface area is 197 Å². The Kier molecular flexibility index (Phi) is 8.55. The summed E-state index contributed by atoms with van der Waals surface area (Å²) in [4.78, 5) is 12.9. The number of ketones is 1. The molecule has 0 fully saturated rings. The van der Waals surface area contributed by atoms with Crippen molar-refractivity contribution in [2.24, 2.45) is 5.92 Å². The Bertz CT molecular complexity index is 1150. The first-order valence-corrected chi connectivity index (χ1v) is 13.2. The third-order valence-corrected chi connectivity index (χ3v) is 7.33. The van der Waals surface area contributed by atoms with Crippen LogP contribution in [0.5, 0.6) is 0 Å². The van der Waals surface area contributed by atoms with Gasteiger partial charge in [0.25, 0.3) is 0 Å². The van der Waals surface area contributed by atoms with Crippen molar-refractivity contribution in [2.45, 2.75) is 70.1 Å². The Hall–Kier alpha value is -2.80. The molecule has 1 heterocycles. The molecule has 0 aliphatic carbocycles. The van der Waals surface area contributed by atoms with Crippen LogP contribution < -0.4 is 0 Å². The quantitative estimate of drug-likeness (QED) is 0.270. The highest BCUT2D eigenvalue weighted by Crippen LogP contribution is 2.18. The Morgan fingerprint density at radius 2 is 1.70 bits per heavy atom. The Morgan fingerprint density at radius 1 is 1.00 bits per heavy atom. The molecule has 1 aromatic heterocycles. The zero-order valence-electron chi connectivity index (χ0n) is 19.7. The average Bonchev–Trinajstić information content (AvgIpc) is 3.23. The van der Waals surface area contributed by atoms with Crippen molar-refractivity contribution in [3.05, 3.63) is 77.1 Å². The van der Waals surface area contributed by atoms with Gasteiger partial charge < -0.3 is 0 Å². The van der Waals surface area contributed by atoms with Crippen LogP contribution in [0, 0.1) is 12.8 Å². The first-order chi connectivity index (χ1) is 15.7. The minimum Gasteiger partial charge on any atom is -0.294 e. The van der Waals surface area contributed by atoms with Crippen LogP contribution >= 0.6 is 0 Å². The van der Waals surface area contributed by atoms with E-state index < -0.39 is 9.84 Å². The molecule has 33 heavy (non-hydrogen) atoms. The van der Waals surface area contributed by atoms with E-state index in [1.165, 1.54) is 12.8 Å². The van der Waals surface area contributed by atoms with Crippen LogP contribution in [0.25, 0.3) is 0 Å².